The monoisotopic (exact) mass is 213 g/mol. The molecule has 1 heterocycles. The molecule has 2 unspecified atom stereocenters. The normalized spacial score (nSPS) is 22.9. The van der Waals surface area contributed by atoms with Crippen LogP contribution in [0.25, 0.3) is 0 Å². The molecule has 1 aliphatic heterocycles. The van der Waals surface area contributed by atoms with Crippen LogP contribution in [0.2, 0.25) is 0 Å². The summed E-state index contributed by atoms with van der Waals surface area (Å²) in [5.74, 6) is 0.529. The van der Waals surface area contributed by atoms with Crippen molar-refractivity contribution in [3.63, 3.8) is 0 Å². The Morgan fingerprint density at radius 1 is 1.60 bits per heavy atom. The van der Waals surface area contributed by atoms with E-state index in [1.807, 2.05) is 14.0 Å². The van der Waals surface area contributed by atoms with Gasteiger partial charge in [-0.2, -0.15) is 0 Å². The SMILES string of the molecule is CNCC(C)C(=O)CCCC1CCCO1. The third kappa shape index (κ3) is 4.76. The fourth-order valence-corrected chi connectivity index (χ4v) is 2.04. The van der Waals surface area contributed by atoms with Crippen LogP contribution in [-0.2, 0) is 9.53 Å². The molecule has 1 N–H and O–H groups in total. The zero-order valence-corrected chi connectivity index (χ0v) is 9.92. The molecule has 0 aromatic rings. The van der Waals surface area contributed by atoms with Crippen LogP contribution in [-0.4, -0.2) is 32.1 Å². The fraction of sp³-hybridized carbons (Fsp3) is 0.917. The topological polar surface area (TPSA) is 38.3 Å². The summed E-state index contributed by atoms with van der Waals surface area (Å²) in [7, 11) is 1.89. The average molecular weight is 213 g/mol. The lowest BCUT2D eigenvalue weighted by molar-refractivity contribution is -0.122. The minimum Gasteiger partial charge on any atom is -0.378 e. The van der Waals surface area contributed by atoms with Crippen LogP contribution in [0.15, 0.2) is 0 Å². The Hall–Kier alpha value is -0.410. The minimum atomic E-state index is 0.152. The van der Waals surface area contributed by atoms with Crippen molar-refractivity contribution in [3.8, 4) is 0 Å². The van der Waals surface area contributed by atoms with E-state index in [-0.39, 0.29) is 5.92 Å². The van der Waals surface area contributed by atoms with Crippen LogP contribution in [0.3, 0.4) is 0 Å². The first-order valence-electron chi connectivity index (χ1n) is 6.03. The van der Waals surface area contributed by atoms with Gasteiger partial charge in [-0.3, -0.25) is 4.79 Å². The molecule has 0 spiro atoms. The van der Waals surface area contributed by atoms with Gasteiger partial charge in [0.2, 0.25) is 0 Å². The highest BCUT2D eigenvalue weighted by Crippen LogP contribution is 2.18. The number of carbonyl (C=O) groups excluding carboxylic acids is 1. The zero-order valence-electron chi connectivity index (χ0n) is 9.92. The molecule has 3 heteroatoms. The predicted molar refractivity (Wildman–Crippen MR) is 60.9 cm³/mol. The van der Waals surface area contributed by atoms with Gasteiger partial charge in [-0.15, -0.1) is 0 Å². The van der Waals surface area contributed by atoms with Crippen molar-refractivity contribution in [2.24, 2.45) is 5.92 Å². The first kappa shape index (κ1) is 12.7. The Morgan fingerprint density at radius 3 is 3.00 bits per heavy atom. The number of hydrogen-bond donors (Lipinski definition) is 1. The van der Waals surface area contributed by atoms with Crippen LogP contribution in [0.1, 0.15) is 39.0 Å². The van der Waals surface area contributed by atoms with E-state index >= 15 is 0 Å². The third-order valence-electron chi connectivity index (χ3n) is 3.03. The van der Waals surface area contributed by atoms with Gasteiger partial charge in [0.15, 0.2) is 0 Å². The third-order valence-corrected chi connectivity index (χ3v) is 3.03. The first-order chi connectivity index (χ1) is 7.24. The predicted octanol–water partition coefficient (Wildman–Crippen LogP) is 1.76. The first-order valence-corrected chi connectivity index (χ1v) is 6.03. The maximum atomic E-state index is 11.6. The van der Waals surface area contributed by atoms with E-state index in [1.54, 1.807) is 0 Å². The van der Waals surface area contributed by atoms with Crippen molar-refractivity contribution < 1.29 is 9.53 Å². The minimum absolute atomic E-state index is 0.152. The molecule has 0 aliphatic carbocycles. The molecule has 88 valence electrons. The Balaban J connectivity index is 2.05. The van der Waals surface area contributed by atoms with Crippen LogP contribution < -0.4 is 5.32 Å². The second-order valence-corrected chi connectivity index (χ2v) is 4.45. The highest BCUT2D eigenvalue weighted by atomic mass is 16.5. The summed E-state index contributed by atoms with van der Waals surface area (Å²) in [4.78, 5) is 11.6. The molecule has 0 aromatic heterocycles. The Morgan fingerprint density at radius 2 is 2.40 bits per heavy atom. The summed E-state index contributed by atoms with van der Waals surface area (Å²) in [5, 5.41) is 3.03. The number of ether oxygens (including phenoxy) is 1. The molecule has 0 amide bonds. The average Bonchev–Trinajstić information content (AvgIpc) is 2.71. The molecular formula is C12H23NO2. The Kier molecular flexibility index (Phi) is 5.88. The summed E-state index contributed by atoms with van der Waals surface area (Å²) >= 11 is 0. The molecule has 1 aliphatic rings. The van der Waals surface area contributed by atoms with Crippen molar-refractivity contribution in [3.05, 3.63) is 0 Å². The molecule has 0 bridgehead atoms. The Bertz CT molecular complexity index is 188. The quantitative estimate of drug-likeness (QED) is 0.700. The van der Waals surface area contributed by atoms with Gasteiger partial charge in [-0.25, -0.2) is 0 Å². The summed E-state index contributed by atoms with van der Waals surface area (Å²) in [6.45, 7) is 3.69. The molecule has 15 heavy (non-hydrogen) atoms. The lowest BCUT2D eigenvalue weighted by Gasteiger charge is -2.11. The molecule has 1 rings (SSSR count). The second-order valence-electron chi connectivity index (χ2n) is 4.45. The summed E-state index contributed by atoms with van der Waals surface area (Å²) in [5.41, 5.74) is 0. The van der Waals surface area contributed by atoms with E-state index in [9.17, 15) is 4.79 Å². The van der Waals surface area contributed by atoms with Crippen LogP contribution in [0, 0.1) is 5.92 Å². The lowest BCUT2D eigenvalue weighted by Crippen LogP contribution is -2.23. The van der Waals surface area contributed by atoms with Gasteiger partial charge in [0.25, 0.3) is 0 Å². The number of rotatable bonds is 7. The van der Waals surface area contributed by atoms with Gasteiger partial charge < -0.3 is 10.1 Å². The number of nitrogens with one attached hydrogen (secondary N) is 1. The van der Waals surface area contributed by atoms with Gasteiger partial charge in [0.05, 0.1) is 6.10 Å². The molecule has 0 radical (unpaired) electrons. The van der Waals surface area contributed by atoms with Crippen LogP contribution in [0.4, 0.5) is 0 Å². The number of carbonyl (C=O) groups is 1. The number of hydrogen-bond acceptors (Lipinski definition) is 3. The Labute approximate surface area is 92.6 Å². The molecule has 0 aromatic carbocycles. The second kappa shape index (κ2) is 6.96. The maximum absolute atomic E-state index is 11.6. The number of Topliss-reactive ketones (excluding diaryl/α,β-unsaturated/α-hetero) is 1. The summed E-state index contributed by atoms with van der Waals surface area (Å²) in [6, 6.07) is 0. The fourth-order valence-electron chi connectivity index (χ4n) is 2.04. The molecular weight excluding hydrogens is 190 g/mol. The summed E-state index contributed by atoms with van der Waals surface area (Å²) < 4.78 is 5.52. The highest BCUT2D eigenvalue weighted by molar-refractivity contribution is 5.80. The van der Waals surface area contributed by atoms with E-state index in [2.05, 4.69) is 5.32 Å². The largest absolute Gasteiger partial charge is 0.378 e. The zero-order chi connectivity index (χ0) is 11.1. The van der Waals surface area contributed by atoms with Crippen molar-refractivity contribution in [2.75, 3.05) is 20.2 Å². The van der Waals surface area contributed by atoms with E-state index in [1.165, 1.54) is 12.8 Å². The standard InChI is InChI=1S/C12H23NO2/c1-10(9-13-2)12(14)7-3-5-11-6-4-8-15-11/h10-11,13H,3-9H2,1-2H3. The van der Waals surface area contributed by atoms with E-state index in [4.69, 9.17) is 4.74 Å². The molecule has 2 atom stereocenters. The van der Waals surface area contributed by atoms with Crippen molar-refractivity contribution in [2.45, 2.75) is 45.1 Å². The lowest BCUT2D eigenvalue weighted by atomic mass is 10.00. The van der Waals surface area contributed by atoms with Gasteiger partial charge in [-0.1, -0.05) is 6.92 Å². The molecule has 0 saturated carbocycles. The van der Waals surface area contributed by atoms with E-state index in [0.29, 0.717) is 18.3 Å². The van der Waals surface area contributed by atoms with Crippen LogP contribution in [0.5, 0.6) is 0 Å². The van der Waals surface area contributed by atoms with Crippen molar-refractivity contribution in [1.82, 2.24) is 5.32 Å². The van der Waals surface area contributed by atoms with Gasteiger partial charge in [-0.05, 0) is 32.7 Å². The maximum Gasteiger partial charge on any atom is 0.136 e. The van der Waals surface area contributed by atoms with Gasteiger partial charge in [0, 0.05) is 25.5 Å². The number of ketones is 1. The van der Waals surface area contributed by atoms with Gasteiger partial charge >= 0.3 is 0 Å². The molecule has 1 saturated heterocycles. The van der Waals surface area contributed by atoms with Crippen molar-refractivity contribution >= 4 is 5.78 Å². The van der Waals surface area contributed by atoms with Gasteiger partial charge in [0.1, 0.15) is 5.78 Å². The summed E-state index contributed by atoms with van der Waals surface area (Å²) in [6.07, 6.45) is 5.55. The van der Waals surface area contributed by atoms with E-state index < -0.39 is 0 Å². The molecule has 3 nitrogen and oxygen atoms in total. The molecule has 1 fully saturated rings. The highest BCUT2D eigenvalue weighted by Gasteiger charge is 2.16. The smallest absolute Gasteiger partial charge is 0.136 e. The van der Waals surface area contributed by atoms with Crippen molar-refractivity contribution in [1.29, 1.82) is 0 Å². The van der Waals surface area contributed by atoms with E-state index in [0.717, 1.165) is 26.0 Å². The van der Waals surface area contributed by atoms with Crippen LogP contribution >= 0.6 is 0 Å².